The number of nitrogens with one attached hydrogen (secondary N) is 1. The third kappa shape index (κ3) is 4.41. The van der Waals surface area contributed by atoms with Gasteiger partial charge in [-0.25, -0.2) is 0 Å². The molecule has 2 atom stereocenters. The van der Waals surface area contributed by atoms with Crippen LogP contribution in [0.1, 0.15) is 38.7 Å². The monoisotopic (exact) mass is 424 g/mol. The average molecular weight is 425 g/mol. The second kappa shape index (κ2) is 7.63. The van der Waals surface area contributed by atoms with E-state index in [2.05, 4.69) is 11.1 Å². The molecule has 3 nitrogen and oxygen atoms in total. The molecule has 0 aliphatic heterocycles. The van der Waals surface area contributed by atoms with Gasteiger partial charge in [-0.15, -0.1) is 0 Å². The van der Waals surface area contributed by atoms with Gasteiger partial charge in [-0.05, 0) is 29.3 Å². The van der Waals surface area contributed by atoms with Gasteiger partial charge in [0.15, 0.2) is 0 Å². The van der Waals surface area contributed by atoms with Gasteiger partial charge in [0, 0.05) is 12.0 Å². The van der Waals surface area contributed by atoms with Gasteiger partial charge in [0.05, 0.1) is 11.1 Å². The molecule has 2 aromatic rings. The lowest BCUT2D eigenvalue weighted by atomic mass is 10.0. The van der Waals surface area contributed by atoms with Crippen molar-refractivity contribution in [1.29, 1.82) is 0 Å². The van der Waals surface area contributed by atoms with Crippen molar-refractivity contribution in [2.75, 3.05) is 0 Å². The van der Waals surface area contributed by atoms with E-state index in [1.807, 2.05) is 6.07 Å². The van der Waals surface area contributed by atoms with Crippen molar-refractivity contribution < 1.29 is 49.3 Å². The highest BCUT2D eigenvalue weighted by Gasteiger charge is 2.38. The highest BCUT2D eigenvalue weighted by Crippen LogP contribution is 2.36. The van der Waals surface area contributed by atoms with Crippen LogP contribution in [0.5, 0.6) is 0 Å². The first-order chi connectivity index (χ1) is 12.5. The molecular weight excluding hydrogens is 410 g/mol. The number of hydrogen-bond donors (Lipinski definition) is 2. The molecule has 0 spiro atoms. The molecule has 0 radical (unpaired) electrons. The molecule has 10 heteroatoms. The number of alkyl halides is 6. The Morgan fingerprint density at radius 3 is 2.04 bits per heavy atom. The summed E-state index contributed by atoms with van der Waals surface area (Å²) in [5.41, 5.74) is 1.86. The zero-order chi connectivity index (χ0) is 20.0. The fourth-order valence-electron chi connectivity index (χ4n) is 3.18. The van der Waals surface area contributed by atoms with Gasteiger partial charge in [-0.2, -0.15) is 26.3 Å². The molecule has 4 N–H and O–H groups in total. The largest absolute Gasteiger partial charge is 1.00 e. The van der Waals surface area contributed by atoms with E-state index < -0.39 is 41.0 Å². The number of carbonyl (C=O) groups is 1. The molecule has 28 heavy (non-hydrogen) atoms. The minimum atomic E-state index is -5.01. The van der Waals surface area contributed by atoms with E-state index in [9.17, 15) is 31.1 Å². The molecule has 0 fully saturated rings. The van der Waals surface area contributed by atoms with Crippen LogP contribution in [0.4, 0.5) is 26.3 Å². The van der Waals surface area contributed by atoms with Crippen molar-refractivity contribution >= 4 is 5.91 Å². The zero-order valence-corrected chi connectivity index (χ0v) is 14.9. The van der Waals surface area contributed by atoms with Crippen molar-refractivity contribution in [2.45, 2.75) is 30.9 Å². The van der Waals surface area contributed by atoms with Crippen LogP contribution in [-0.2, 0) is 18.8 Å². The Bertz CT molecular complexity index is 849. The van der Waals surface area contributed by atoms with Crippen molar-refractivity contribution in [2.24, 2.45) is 0 Å². The van der Waals surface area contributed by atoms with E-state index in [-0.39, 0.29) is 24.5 Å². The lowest BCUT2D eigenvalue weighted by Crippen LogP contribution is -3.00. The molecule has 0 unspecified atom stereocenters. The lowest BCUT2D eigenvalue weighted by Gasteiger charge is -2.18. The Morgan fingerprint density at radius 1 is 0.964 bits per heavy atom. The molecule has 0 saturated carbocycles. The Morgan fingerprint density at radius 2 is 1.50 bits per heavy atom. The van der Waals surface area contributed by atoms with Gasteiger partial charge < -0.3 is 23.5 Å². The lowest BCUT2D eigenvalue weighted by molar-refractivity contribution is -0.423. The number of benzene rings is 2. The first-order valence-electron chi connectivity index (χ1n) is 7.98. The van der Waals surface area contributed by atoms with Crippen LogP contribution in [0.15, 0.2) is 42.5 Å². The summed E-state index contributed by atoms with van der Waals surface area (Å²) < 4.78 is 77.7. The molecule has 3 rings (SSSR count). The number of carbonyl (C=O) groups excluding carboxylic acids is 1. The van der Waals surface area contributed by atoms with Gasteiger partial charge in [0.2, 0.25) is 0 Å². The summed E-state index contributed by atoms with van der Waals surface area (Å²) in [5, 5.41) is 2.52. The van der Waals surface area contributed by atoms with Crippen LogP contribution in [0.3, 0.4) is 0 Å². The first kappa shape index (κ1) is 22.0. The SMILES string of the molecule is [Cl-].[NH3+][C@@H]1Cc2ccccc2[C@H]1NC(=O)c1cc(C(F)(F)F)cc(C(F)(F)F)c1. The van der Waals surface area contributed by atoms with Crippen molar-refractivity contribution in [3.05, 3.63) is 70.3 Å². The molecule has 1 aliphatic carbocycles. The fraction of sp³-hybridized carbons (Fsp3) is 0.278. The fourth-order valence-corrected chi connectivity index (χ4v) is 3.18. The van der Waals surface area contributed by atoms with Crippen molar-refractivity contribution in [1.82, 2.24) is 5.32 Å². The minimum Gasteiger partial charge on any atom is -1.00 e. The molecular formula is C18H15ClF6N2O. The van der Waals surface area contributed by atoms with Crippen molar-refractivity contribution in [3.8, 4) is 0 Å². The maximum Gasteiger partial charge on any atom is 0.416 e. The van der Waals surface area contributed by atoms with Crippen LogP contribution in [-0.4, -0.2) is 11.9 Å². The predicted molar refractivity (Wildman–Crippen MR) is 83.5 cm³/mol. The zero-order valence-electron chi connectivity index (χ0n) is 14.2. The Hall–Kier alpha value is -2.26. The van der Waals surface area contributed by atoms with E-state index in [1.165, 1.54) is 0 Å². The number of quaternary nitrogens is 1. The summed E-state index contributed by atoms with van der Waals surface area (Å²) in [6, 6.07) is 7.10. The highest BCUT2D eigenvalue weighted by atomic mass is 35.5. The summed E-state index contributed by atoms with van der Waals surface area (Å²) in [6.07, 6.45) is -9.46. The minimum absolute atomic E-state index is 0. The summed E-state index contributed by atoms with van der Waals surface area (Å²) in [5.74, 6) is -1.01. The number of fused-ring (bicyclic) bond motifs is 1. The van der Waals surface area contributed by atoms with Gasteiger partial charge >= 0.3 is 12.4 Å². The van der Waals surface area contributed by atoms with Crippen LogP contribution in [0.2, 0.25) is 0 Å². The van der Waals surface area contributed by atoms with Gasteiger partial charge in [-0.3, -0.25) is 4.79 Å². The summed E-state index contributed by atoms with van der Waals surface area (Å²) in [6.45, 7) is 0. The standard InChI is InChI=1S/C18H14F6N2O.ClH/c19-17(20,21)11-5-10(6-12(8-11)18(22,23)24)16(27)26-15-13-4-2-1-3-9(13)7-14(15)25;/h1-6,8,14-15H,7,25H2,(H,26,27);1H/t14-,15-;/m1./s1. The molecule has 0 heterocycles. The normalized spacial score (nSPS) is 19.0. The molecule has 1 aliphatic rings. The van der Waals surface area contributed by atoms with Crippen molar-refractivity contribution in [3.63, 3.8) is 0 Å². The Balaban J connectivity index is 0.00000280. The van der Waals surface area contributed by atoms with Crippen LogP contribution in [0, 0.1) is 0 Å². The molecule has 0 aromatic heterocycles. The number of halogens is 7. The molecule has 2 aromatic carbocycles. The van der Waals surface area contributed by atoms with Crippen LogP contribution in [0.25, 0.3) is 0 Å². The first-order valence-corrected chi connectivity index (χ1v) is 7.98. The van der Waals surface area contributed by atoms with Gasteiger partial charge in [0.1, 0.15) is 12.1 Å². The number of amides is 1. The summed E-state index contributed by atoms with van der Waals surface area (Å²) in [4.78, 5) is 12.4. The molecule has 0 bridgehead atoms. The summed E-state index contributed by atoms with van der Waals surface area (Å²) >= 11 is 0. The topological polar surface area (TPSA) is 56.7 Å². The van der Waals surface area contributed by atoms with E-state index >= 15 is 0 Å². The second-order valence-corrected chi connectivity index (χ2v) is 6.41. The smallest absolute Gasteiger partial charge is 0.416 e. The van der Waals surface area contributed by atoms with E-state index in [0.717, 1.165) is 11.1 Å². The van der Waals surface area contributed by atoms with Crippen LogP contribution >= 0.6 is 0 Å². The highest BCUT2D eigenvalue weighted by molar-refractivity contribution is 5.95. The van der Waals surface area contributed by atoms with Gasteiger partial charge in [-0.1, -0.05) is 24.3 Å². The number of hydrogen-bond acceptors (Lipinski definition) is 1. The maximum absolute atomic E-state index is 13.0. The predicted octanol–water partition coefficient (Wildman–Crippen LogP) is 0.366. The third-order valence-electron chi connectivity index (χ3n) is 4.48. The van der Waals surface area contributed by atoms with E-state index in [4.69, 9.17) is 0 Å². The summed E-state index contributed by atoms with van der Waals surface area (Å²) in [7, 11) is 0. The number of rotatable bonds is 2. The maximum atomic E-state index is 13.0. The van der Waals surface area contributed by atoms with E-state index in [0.29, 0.717) is 18.6 Å². The Kier molecular flexibility index (Phi) is 6.01. The van der Waals surface area contributed by atoms with Gasteiger partial charge in [0.25, 0.3) is 5.91 Å². The molecule has 0 saturated heterocycles. The quantitative estimate of drug-likeness (QED) is 0.672. The Labute approximate surface area is 162 Å². The average Bonchev–Trinajstić information content (AvgIpc) is 2.88. The molecule has 152 valence electrons. The third-order valence-corrected chi connectivity index (χ3v) is 4.48. The van der Waals surface area contributed by atoms with Crippen LogP contribution < -0.4 is 23.5 Å². The van der Waals surface area contributed by atoms with E-state index in [1.54, 1.807) is 18.2 Å². The second-order valence-electron chi connectivity index (χ2n) is 6.41. The molecule has 1 amide bonds.